The summed E-state index contributed by atoms with van der Waals surface area (Å²) >= 11 is 0. The van der Waals surface area contributed by atoms with Gasteiger partial charge in [0.15, 0.2) is 11.5 Å². The van der Waals surface area contributed by atoms with Crippen molar-refractivity contribution in [3.05, 3.63) is 60.7 Å². The van der Waals surface area contributed by atoms with Gasteiger partial charge in [0.1, 0.15) is 12.7 Å². The van der Waals surface area contributed by atoms with Gasteiger partial charge in [0.05, 0.1) is 18.9 Å². The first-order valence-electron chi connectivity index (χ1n) is 8.37. The fraction of sp³-hybridized carbons (Fsp3) is 0.211. The molecule has 3 aromatic rings. The Morgan fingerprint density at radius 3 is 2.42 bits per heavy atom. The monoisotopic (exact) mass is 352 g/mol. The second kappa shape index (κ2) is 8.15. The Bertz CT molecular complexity index is 861. The van der Waals surface area contributed by atoms with Crippen LogP contribution in [0.3, 0.4) is 0 Å². The molecule has 1 amide bonds. The zero-order valence-corrected chi connectivity index (χ0v) is 14.7. The number of nitrogens with one attached hydrogen (secondary N) is 1. The molecular formula is C19H20N4O3. The standard InChI is InChI=1S/C19H20N4O3/c1-3-25-17-10-5-14(11-18(17)26-4-2)19(24)22-15-6-8-16(9-7-15)23-13-20-12-21-23/h5-13H,3-4H2,1-2H3,(H,22,24). The molecule has 1 N–H and O–H groups in total. The van der Waals surface area contributed by atoms with E-state index in [0.717, 1.165) is 5.69 Å². The summed E-state index contributed by atoms with van der Waals surface area (Å²) in [5.74, 6) is 0.967. The van der Waals surface area contributed by atoms with E-state index in [2.05, 4.69) is 15.4 Å². The number of anilines is 1. The molecular weight excluding hydrogens is 332 g/mol. The molecule has 1 heterocycles. The van der Waals surface area contributed by atoms with Gasteiger partial charge in [-0.15, -0.1) is 0 Å². The highest BCUT2D eigenvalue weighted by molar-refractivity contribution is 6.04. The van der Waals surface area contributed by atoms with E-state index in [1.807, 2.05) is 38.1 Å². The minimum Gasteiger partial charge on any atom is -0.490 e. The van der Waals surface area contributed by atoms with Crippen LogP contribution in [0.15, 0.2) is 55.1 Å². The fourth-order valence-electron chi connectivity index (χ4n) is 2.43. The first-order chi connectivity index (χ1) is 12.7. The van der Waals surface area contributed by atoms with E-state index >= 15 is 0 Å². The van der Waals surface area contributed by atoms with Crippen molar-refractivity contribution in [2.24, 2.45) is 0 Å². The van der Waals surface area contributed by atoms with Crippen molar-refractivity contribution in [1.29, 1.82) is 0 Å². The fourth-order valence-corrected chi connectivity index (χ4v) is 2.43. The molecule has 0 fully saturated rings. The van der Waals surface area contributed by atoms with E-state index in [9.17, 15) is 4.79 Å². The van der Waals surface area contributed by atoms with Crippen molar-refractivity contribution in [2.75, 3.05) is 18.5 Å². The van der Waals surface area contributed by atoms with Gasteiger partial charge < -0.3 is 14.8 Å². The van der Waals surface area contributed by atoms with Crippen LogP contribution in [0, 0.1) is 0 Å². The van der Waals surface area contributed by atoms with Crippen molar-refractivity contribution in [3.8, 4) is 17.2 Å². The number of rotatable bonds is 7. The van der Waals surface area contributed by atoms with Crippen LogP contribution in [0.2, 0.25) is 0 Å². The van der Waals surface area contributed by atoms with Gasteiger partial charge in [-0.2, -0.15) is 5.10 Å². The molecule has 0 bridgehead atoms. The van der Waals surface area contributed by atoms with Gasteiger partial charge in [-0.1, -0.05) is 0 Å². The molecule has 0 unspecified atom stereocenters. The molecule has 0 aliphatic heterocycles. The molecule has 7 heteroatoms. The highest BCUT2D eigenvalue weighted by Crippen LogP contribution is 2.29. The Hall–Kier alpha value is -3.35. The average Bonchev–Trinajstić information content (AvgIpc) is 3.19. The maximum absolute atomic E-state index is 12.5. The molecule has 1 aromatic heterocycles. The van der Waals surface area contributed by atoms with Crippen molar-refractivity contribution >= 4 is 11.6 Å². The summed E-state index contributed by atoms with van der Waals surface area (Å²) < 4.78 is 12.7. The molecule has 0 spiro atoms. The van der Waals surface area contributed by atoms with Gasteiger partial charge in [-0.05, 0) is 56.3 Å². The van der Waals surface area contributed by atoms with E-state index in [4.69, 9.17) is 9.47 Å². The zero-order chi connectivity index (χ0) is 18.4. The molecule has 0 aliphatic rings. The lowest BCUT2D eigenvalue weighted by atomic mass is 10.1. The summed E-state index contributed by atoms with van der Waals surface area (Å²) in [6.07, 6.45) is 3.08. The van der Waals surface area contributed by atoms with Crippen LogP contribution in [0.25, 0.3) is 5.69 Å². The van der Waals surface area contributed by atoms with Gasteiger partial charge in [0.2, 0.25) is 0 Å². The Morgan fingerprint density at radius 2 is 1.77 bits per heavy atom. The van der Waals surface area contributed by atoms with Crippen molar-refractivity contribution in [3.63, 3.8) is 0 Å². The van der Waals surface area contributed by atoms with Crippen LogP contribution in [-0.4, -0.2) is 33.9 Å². The number of carbonyl (C=O) groups excluding carboxylic acids is 1. The summed E-state index contributed by atoms with van der Waals surface area (Å²) in [5.41, 5.74) is 2.04. The molecule has 0 aliphatic carbocycles. The quantitative estimate of drug-likeness (QED) is 0.706. The van der Waals surface area contributed by atoms with E-state index in [0.29, 0.717) is 36.0 Å². The van der Waals surface area contributed by atoms with E-state index in [1.165, 1.54) is 6.33 Å². The molecule has 134 valence electrons. The SMILES string of the molecule is CCOc1ccc(C(=O)Nc2ccc(-n3cncn3)cc2)cc1OCC. The predicted molar refractivity (Wildman–Crippen MR) is 98.1 cm³/mol. The average molecular weight is 352 g/mol. The Kier molecular flexibility index (Phi) is 5.48. The summed E-state index contributed by atoms with van der Waals surface area (Å²) in [6.45, 7) is 4.82. The lowest BCUT2D eigenvalue weighted by Crippen LogP contribution is -2.12. The second-order valence-corrected chi connectivity index (χ2v) is 5.37. The highest BCUT2D eigenvalue weighted by atomic mass is 16.5. The van der Waals surface area contributed by atoms with E-state index in [-0.39, 0.29) is 5.91 Å². The lowest BCUT2D eigenvalue weighted by Gasteiger charge is -2.12. The third-order valence-corrected chi connectivity index (χ3v) is 3.61. The molecule has 0 atom stereocenters. The molecule has 0 radical (unpaired) electrons. The van der Waals surface area contributed by atoms with Crippen molar-refractivity contribution in [2.45, 2.75) is 13.8 Å². The molecule has 2 aromatic carbocycles. The lowest BCUT2D eigenvalue weighted by molar-refractivity contribution is 0.102. The maximum Gasteiger partial charge on any atom is 0.255 e. The summed E-state index contributed by atoms with van der Waals surface area (Å²) in [7, 11) is 0. The summed E-state index contributed by atoms with van der Waals surface area (Å²) in [6, 6.07) is 12.5. The van der Waals surface area contributed by atoms with Crippen LogP contribution in [-0.2, 0) is 0 Å². The van der Waals surface area contributed by atoms with Crippen LogP contribution >= 0.6 is 0 Å². The summed E-state index contributed by atoms with van der Waals surface area (Å²) in [5, 5.41) is 6.94. The predicted octanol–water partition coefficient (Wildman–Crippen LogP) is 3.32. The van der Waals surface area contributed by atoms with Crippen LogP contribution in [0.1, 0.15) is 24.2 Å². The maximum atomic E-state index is 12.5. The normalized spacial score (nSPS) is 10.4. The van der Waals surface area contributed by atoms with Gasteiger partial charge in [-0.25, -0.2) is 9.67 Å². The number of hydrogen-bond acceptors (Lipinski definition) is 5. The number of benzene rings is 2. The topological polar surface area (TPSA) is 78.3 Å². The Labute approximate surface area is 151 Å². The smallest absolute Gasteiger partial charge is 0.255 e. The summed E-state index contributed by atoms with van der Waals surface area (Å²) in [4.78, 5) is 16.4. The van der Waals surface area contributed by atoms with Crippen LogP contribution in [0.4, 0.5) is 5.69 Å². The molecule has 0 saturated carbocycles. The largest absolute Gasteiger partial charge is 0.490 e. The Balaban J connectivity index is 1.74. The molecule has 0 saturated heterocycles. The van der Waals surface area contributed by atoms with Crippen molar-refractivity contribution in [1.82, 2.24) is 14.8 Å². The third kappa shape index (κ3) is 4.00. The number of carbonyl (C=O) groups is 1. The number of hydrogen-bond donors (Lipinski definition) is 1. The number of amides is 1. The van der Waals surface area contributed by atoms with E-state index in [1.54, 1.807) is 29.2 Å². The van der Waals surface area contributed by atoms with E-state index < -0.39 is 0 Å². The molecule has 7 nitrogen and oxygen atoms in total. The number of ether oxygens (including phenoxy) is 2. The Morgan fingerprint density at radius 1 is 1.04 bits per heavy atom. The minimum absolute atomic E-state index is 0.220. The number of aromatic nitrogens is 3. The molecule has 26 heavy (non-hydrogen) atoms. The first-order valence-corrected chi connectivity index (χ1v) is 8.37. The van der Waals surface area contributed by atoms with Gasteiger partial charge >= 0.3 is 0 Å². The number of nitrogens with zero attached hydrogens (tertiary/aromatic N) is 3. The molecule has 3 rings (SSSR count). The second-order valence-electron chi connectivity index (χ2n) is 5.37. The van der Waals surface area contributed by atoms with Gasteiger partial charge in [0, 0.05) is 11.3 Å². The van der Waals surface area contributed by atoms with Gasteiger partial charge in [0.25, 0.3) is 5.91 Å². The minimum atomic E-state index is -0.220. The first kappa shape index (κ1) is 17.5. The van der Waals surface area contributed by atoms with Crippen molar-refractivity contribution < 1.29 is 14.3 Å². The third-order valence-electron chi connectivity index (χ3n) is 3.61. The van der Waals surface area contributed by atoms with Crippen LogP contribution < -0.4 is 14.8 Å². The zero-order valence-electron chi connectivity index (χ0n) is 14.7. The van der Waals surface area contributed by atoms with Gasteiger partial charge in [-0.3, -0.25) is 4.79 Å². The highest BCUT2D eigenvalue weighted by Gasteiger charge is 2.12. The van der Waals surface area contributed by atoms with Crippen LogP contribution in [0.5, 0.6) is 11.5 Å².